The fourth-order valence-corrected chi connectivity index (χ4v) is 1.90. The van der Waals surface area contributed by atoms with Crippen LogP contribution in [0.25, 0.3) is 0 Å². The van der Waals surface area contributed by atoms with Crippen LogP contribution < -0.4 is 11.1 Å². The van der Waals surface area contributed by atoms with Crippen molar-refractivity contribution < 1.29 is 4.79 Å². The van der Waals surface area contributed by atoms with Gasteiger partial charge in [-0.25, -0.2) is 4.98 Å². The lowest BCUT2D eigenvalue weighted by molar-refractivity contribution is -0.115. The minimum Gasteiger partial charge on any atom is -0.326 e. The van der Waals surface area contributed by atoms with Crippen LogP contribution in [0.5, 0.6) is 0 Å². The smallest absolute Gasteiger partial charge is 0.229 e. The molecule has 0 fully saturated rings. The quantitative estimate of drug-likeness (QED) is 0.878. The fraction of sp³-hybridized carbons (Fsp3) is 0.200. The third kappa shape index (κ3) is 3.63. The molecule has 2 rings (SSSR count). The molecule has 0 radical (unpaired) electrons. The van der Waals surface area contributed by atoms with Gasteiger partial charge in [-0.1, -0.05) is 30.3 Å². The van der Waals surface area contributed by atoms with Gasteiger partial charge in [0, 0.05) is 12.2 Å². The van der Waals surface area contributed by atoms with Gasteiger partial charge in [0.25, 0.3) is 0 Å². The van der Waals surface area contributed by atoms with Crippen LogP contribution in [0, 0.1) is 6.92 Å². The molecule has 1 heterocycles. The summed E-state index contributed by atoms with van der Waals surface area (Å²) in [5.41, 5.74) is 8.48. The van der Waals surface area contributed by atoms with Gasteiger partial charge in [0.15, 0.2) is 0 Å². The predicted octanol–water partition coefficient (Wildman–Crippen LogP) is 2.03. The second-order valence-corrected chi connectivity index (χ2v) is 4.36. The lowest BCUT2D eigenvalue weighted by Crippen LogP contribution is -2.17. The molecule has 0 aliphatic carbocycles. The number of pyridine rings is 1. The zero-order valence-electron chi connectivity index (χ0n) is 10.9. The molecule has 4 nitrogen and oxygen atoms in total. The van der Waals surface area contributed by atoms with Crippen molar-refractivity contribution in [3.8, 4) is 0 Å². The Morgan fingerprint density at radius 3 is 2.58 bits per heavy atom. The van der Waals surface area contributed by atoms with Crippen molar-refractivity contribution in [2.75, 3.05) is 5.32 Å². The molecule has 0 atom stereocenters. The van der Waals surface area contributed by atoms with E-state index in [2.05, 4.69) is 10.3 Å². The normalized spacial score (nSPS) is 10.2. The minimum absolute atomic E-state index is 0.0843. The number of hydrogen-bond acceptors (Lipinski definition) is 3. The molecule has 1 aromatic carbocycles. The lowest BCUT2D eigenvalue weighted by atomic mass is 10.0. The van der Waals surface area contributed by atoms with E-state index in [1.165, 1.54) is 0 Å². The summed E-state index contributed by atoms with van der Waals surface area (Å²) < 4.78 is 0. The van der Waals surface area contributed by atoms with Gasteiger partial charge in [-0.05, 0) is 30.2 Å². The largest absolute Gasteiger partial charge is 0.326 e. The van der Waals surface area contributed by atoms with Gasteiger partial charge >= 0.3 is 0 Å². The number of anilines is 1. The van der Waals surface area contributed by atoms with Crippen molar-refractivity contribution in [1.82, 2.24) is 4.98 Å². The average Bonchev–Trinajstić information content (AvgIpc) is 2.39. The summed E-state index contributed by atoms with van der Waals surface area (Å²) in [4.78, 5) is 16.2. The molecule has 1 amide bonds. The summed E-state index contributed by atoms with van der Waals surface area (Å²) in [6.45, 7) is 2.32. The SMILES string of the molecule is Cc1cccc(NC(=O)Cc2ccccc2CN)n1. The molecule has 3 N–H and O–H groups in total. The maximum atomic E-state index is 12.0. The summed E-state index contributed by atoms with van der Waals surface area (Å²) in [5.74, 6) is 0.495. The number of hydrogen-bond donors (Lipinski definition) is 2. The zero-order valence-corrected chi connectivity index (χ0v) is 10.9. The zero-order chi connectivity index (χ0) is 13.7. The second-order valence-electron chi connectivity index (χ2n) is 4.36. The summed E-state index contributed by atoms with van der Waals surface area (Å²) in [5, 5.41) is 2.79. The summed E-state index contributed by atoms with van der Waals surface area (Å²) in [6, 6.07) is 13.2. The molecule has 1 aromatic heterocycles. The van der Waals surface area contributed by atoms with Crippen molar-refractivity contribution in [2.45, 2.75) is 19.9 Å². The Morgan fingerprint density at radius 2 is 1.89 bits per heavy atom. The van der Waals surface area contributed by atoms with Crippen molar-refractivity contribution in [3.63, 3.8) is 0 Å². The molecule has 0 saturated carbocycles. The molecule has 0 aliphatic rings. The number of nitrogens with zero attached hydrogens (tertiary/aromatic N) is 1. The molecule has 0 saturated heterocycles. The van der Waals surface area contributed by atoms with Crippen LogP contribution in [-0.2, 0) is 17.8 Å². The minimum atomic E-state index is -0.0843. The topological polar surface area (TPSA) is 68.0 Å². The van der Waals surface area contributed by atoms with Crippen molar-refractivity contribution in [1.29, 1.82) is 0 Å². The Morgan fingerprint density at radius 1 is 1.16 bits per heavy atom. The molecule has 0 spiro atoms. The van der Waals surface area contributed by atoms with Gasteiger partial charge in [0.1, 0.15) is 5.82 Å². The number of amides is 1. The van der Waals surface area contributed by atoms with Crippen LogP contribution in [0.3, 0.4) is 0 Å². The first-order valence-electron chi connectivity index (χ1n) is 6.19. The number of nitrogens with two attached hydrogens (primary N) is 1. The Hall–Kier alpha value is -2.20. The van der Waals surface area contributed by atoms with E-state index in [9.17, 15) is 4.79 Å². The number of benzene rings is 1. The van der Waals surface area contributed by atoms with Crippen molar-refractivity contribution in [2.24, 2.45) is 5.73 Å². The van der Waals surface area contributed by atoms with Crippen molar-refractivity contribution in [3.05, 3.63) is 59.3 Å². The van der Waals surface area contributed by atoms with Crippen molar-refractivity contribution >= 4 is 11.7 Å². The number of rotatable bonds is 4. The highest BCUT2D eigenvalue weighted by atomic mass is 16.1. The highest BCUT2D eigenvalue weighted by Crippen LogP contribution is 2.10. The molecule has 0 unspecified atom stereocenters. The van der Waals surface area contributed by atoms with Gasteiger partial charge in [-0.2, -0.15) is 0 Å². The first-order chi connectivity index (χ1) is 9.19. The number of carbonyl (C=O) groups excluding carboxylic acids is 1. The molecule has 19 heavy (non-hydrogen) atoms. The maximum Gasteiger partial charge on any atom is 0.229 e. The Labute approximate surface area is 112 Å². The van der Waals surface area contributed by atoms with Gasteiger partial charge in [-0.3, -0.25) is 4.79 Å². The standard InChI is InChI=1S/C15H17N3O/c1-11-5-4-8-14(17-11)18-15(19)9-12-6-2-3-7-13(12)10-16/h2-8H,9-10,16H2,1H3,(H,17,18,19). The Kier molecular flexibility index (Phi) is 4.26. The summed E-state index contributed by atoms with van der Waals surface area (Å²) in [6.07, 6.45) is 0.309. The number of carbonyl (C=O) groups is 1. The van der Waals surface area contributed by atoms with Crippen LogP contribution in [0.1, 0.15) is 16.8 Å². The molecule has 98 valence electrons. The lowest BCUT2D eigenvalue weighted by Gasteiger charge is -2.08. The van der Waals surface area contributed by atoms with E-state index in [0.717, 1.165) is 16.8 Å². The van der Waals surface area contributed by atoms with Crippen LogP contribution in [0.2, 0.25) is 0 Å². The Bertz CT molecular complexity index is 581. The van der Waals surface area contributed by atoms with Gasteiger partial charge < -0.3 is 11.1 Å². The second kappa shape index (κ2) is 6.11. The summed E-state index contributed by atoms with van der Waals surface area (Å²) >= 11 is 0. The van der Waals surface area contributed by atoms with E-state index in [4.69, 9.17) is 5.73 Å². The van der Waals surface area contributed by atoms with Gasteiger partial charge in [0.2, 0.25) is 5.91 Å². The molecule has 0 bridgehead atoms. The third-order valence-corrected chi connectivity index (χ3v) is 2.85. The van der Waals surface area contributed by atoms with E-state index >= 15 is 0 Å². The molecule has 4 heteroatoms. The number of nitrogens with one attached hydrogen (secondary N) is 1. The average molecular weight is 255 g/mol. The van der Waals surface area contributed by atoms with Crippen LogP contribution in [0.15, 0.2) is 42.5 Å². The molecular formula is C15H17N3O. The molecule has 2 aromatic rings. The number of aromatic nitrogens is 1. The third-order valence-electron chi connectivity index (χ3n) is 2.85. The molecule has 0 aliphatic heterocycles. The first kappa shape index (κ1) is 13.2. The van der Waals surface area contributed by atoms with Crippen LogP contribution in [0.4, 0.5) is 5.82 Å². The monoisotopic (exact) mass is 255 g/mol. The van der Waals surface area contributed by atoms with E-state index in [0.29, 0.717) is 18.8 Å². The molecular weight excluding hydrogens is 238 g/mol. The van der Waals surface area contributed by atoms with E-state index < -0.39 is 0 Å². The van der Waals surface area contributed by atoms with Gasteiger partial charge in [-0.15, -0.1) is 0 Å². The highest BCUT2D eigenvalue weighted by molar-refractivity contribution is 5.91. The van der Waals surface area contributed by atoms with Gasteiger partial charge in [0.05, 0.1) is 6.42 Å². The highest BCUT2D eigenvalue weighted by Gasteiger charge is 2.07. The van der Waals surface area contributed by atoms with E-state index in [1.807, 2.05) is 43.3 Å². The summed E-state index contributed by atoms with van der Waals surface area (Å²) in [7, 11) is 0. The van der Waals surface area contributed by atoms with Crippen LogP contribution in [-0.4, -0.2) is 10.9 Å². The van der Waals surface area contributed by atoms with E-state index in [-0.39, 0.29) is 5.91 Å². The van der Waals surface area contributed by atoms with Crippen LogP contribution >= 0.6 is 0 Å². The Balaban J connectivity index is 2.05. The van der Waals surface area contributed by atoms with E-state index in [1.54, 1.807) is 6.07 Å². The predicted molar refractivity (Wildman–Crippen MR) is 75.6 cm³/mol. The maximum absolute atomic E-state index is 12.0. The first-order valence-corrected chi connectivity index (χ1v) is 6.19. The number of aryl methyl sites for hydroxylation is 1. The fourth-order valence-electron chi connectivity index (χ4n) is 1.90.